The van der Waals surface area contributed by atoms with E-state index in [1.165, 1.54) is 11.3 Å². The molecule has 1 amide bonds. The molecule has 6 heteroatoms. The molecule has 114 valence electrons. The van der Waals surface area contributed by atoms with E-state index in [-0.39, 0.29) is 12.5 Å². The molecule has 1 aromatic carbocycles. The van der Waals surface area contributed by atoms with Crippen molar-refractivity contribution in [3.8, 4) is 0 Å². The fourth-order valence-corrected chi connectivity index (χ4v) is 2.99. The predicted molar refractivity (Wildman–Crippen MR) is 84.0 cm³/mol. The molecule has 2 aromatic rings. The van der Waals surface area contributed by atoms with Crippen molar-refractivity contribution in [1.82, 2.24) is 4.98 Å². The molecule has 1 saturated heterocycles. The minimum atomic E-state index is -0.410. The first kappa shape index (κ1) is 14.7. The molecule has 3 rings (SSSR count). The number of benzene rings is 1. The number of carbonyl (C=O) groups is 2. The summed E-state index contributed by atoms with van der Waals surface area (Å²) >= 11 is 1.44. The highest BCUT2D eigenvalue weighted by molar-refractivity contribution is 7.09. The van der Waals surface area contributed by atoms with Crippen molar-refractivity contribution in [2.45, 2.75) is 26.4 Å². The van der Waals surface area contributed by atoms with Crippen LogP contribution >= 0.6 is 11.3 Å². The van der Waals surface area contributed by atoms with Gasteiger partial charge in [0.2, 0.25) is 5.91 Å². The molecule has 22 heavy (non-hydrogen) atoms. The Kier molecular flexibility index (Phi) is 4.20. The van der Waals surface area contributed by atoms with Gasteiger partial charge in [0.1, 0.15) is 6.61 Å². The molecule has 0 spiro atoms. The Morgan fingerprint density at radius 1 is 1.45 bits per heavy atom. The second-order valence-electron chi connectivity index (χ2n) is 5.21. The number of ether oxygens (including phenoxy) is 1. The number of hydrogen-bond donors (Lipinski definition) is 0. The lowest BCUT2D eigenvalue weighted by Crippen LogP contribution is -2.26. The van der Waals surface area contributed by atoms with Gasteiger partial charge >= 0.3 is 5.97 Å². The number of aromatic nitrogens is 1. The topological polar surface area (TPSA) is 59.5 Å². The van der Waals surface area contributed by atoms with Crippen LogP contribution in [0.2, 0.25) is 0 Å². The van der Waals surface area contributed by atoms with Crippen LogP contribution in [-0.4, -0.2) is 23.4 Å². The van der Waals surface area contributed by atoms with Crippen molar-refractivity contribution in [3.05, 3.63) is 45.9 Å². The van der Waals surface area contributed by atoms with Gasteiger partial charge < -0.3 is 9.64 Å². The monoisotopic (exact) mass is 316 g/mol. The molecule has 1 aliphatic rings. The Balaban J connectivity index is 1.83. The van der Waals surface area contributed by atoms with Crippen molar-refractivity contribution in [1.29, 1.82) is 0 Å². The van der Waals surface area contributed by atoms with E-state index >= 15 is 0 Å². The lowest BCUT2D eigenvalue weighted by Gasteiger charge is -2.19. The SMILES string of the molecule is Cc1ccc(N2CCCC2=O)c(C(=O)OCc2cncs2)c1. The molecule has 2 heterocycles. The maximum absolute atomic E-state index is 12.4. The molecular weight excluding hydrogens is 300 g/mol. The van der Waals surface area contributed by atoms with Crippen LogP contribution in [0, 0.1) is 6.92 Å². The van der Waals surface area contributed by atoms with Crippen molar-refractivity contribution in [2.75, 3.05) is 11.4 Å². The summed E-state index contributed by atoms with van der Waals surface area (Å²) in [6.07, 6.45) is 3.03. The molecule has 0 atom stereocenters. The highest BCUT2D eigenvalue weighted by atomic mass is 32.1. The number of rotatable bonds is 4. The molecule has 0 N–H and O–H groups in total. The van der Waals surface area contributed by atoms with Crippen molar-refractivity contribution in [2.24, 2.45) is 0 Å². The first-order valence-electron chi connectivity index (χ1n) is 7.10. The third-order valence-electron chi connectivity index (χ3n) is 3.57. The van der Waals surface area contributed by atoms with Gasteiger partial charge in [-0.05, 0) is 25.5 Å². The van der Waals surface area contributed by atoms with E-state index in [0.29, 0.717) is 24.2 Å². The summed E-state index contributed by atoms with van der Waals surface area (Å²) in [6, 6.07) is 5.50. The number of hydrogen-bond acceptors (Lipinski definition) is 5. The first-order chi connectivity index (χ1) is 10.6. The quantitative estimate of drug-likeness (QED) is 0.814. The molecule has 0 unspecified atom stereocenters. The zero-order chi connectivity index (χ0) is 15.5. The van der Waals surface area contributed by atoms with Crippen molar-refractivity contribution < 1.29 is 14.3 Å². The number of amides is 1. The number of carbonyl (C=O) groups excluding carboxylic acids is 2. The average molecular weight is 316 g/mol. The van der Waals surface area contributed by atoms with E-state index < -0.39 is 5.97 Å². The fourth-order valence-electron chi connectivity index (χ4n) is 2.48. The molecule has 1 fully saturated rings. The van der Waals surface area contributed by atoms with Gasteiger partial charge in [-0.25, -0.2) is 4.79 Å². The van der Waals surface area contributed by atoms with E-state index in [2.05, 4.69) is 4.98 Å². The van der Waals surface area contributed by atoms with E-state index in [1.54, 1.807) is 22.7 Å². The van der Waals surface area contributed by atoms with E-state index in [4.69, 9.17) is 4.74 Å². The Hall–Kier alpha value is -2.21. The van der Waals surface area contributed by atoms with Crippen LogP contribution in [0.3, 0.4) is 0 Å². The summed E-state index contributed by atoms with van der Waals surface area (Å²) in [5.41, 5.74) is 3.74. The summed E-state index contributed by atoms with van der Waals surface area (Å²) in [7, 11) is 0. The Labute approximate surface area is 132 Å². The molecule has 0 aliphatic carbocycles. The maximum Gasteiger partial charge on any atom is 0.340 e. The van der Waals surface area contributed by atoms with Crippen LogP contribution in [0.5, 0.6) is 0 Å². The number of aryl methyl sites for hydroxylation is 1. The summed E-state index contributed by atoms with van der Waals surface area (Å²) in [4.78, 5) is 30.9. The van der Waals surface area contributed by atoms with Gasteiger partial charge in [0.25, 0.3) is 0 Å². The summed E-state index contributed by atoms with van der Waals surface area (Å²) in [5.74, 6) is -0.354. The lowest BCUT2D eigenvalue weighted by molar-refractivity contribution is -0.117. The number of thiazole rings is 1. The predicted octanol–water partition coefficient (Wildman–Crippen LogP) is 2.94. The van der Waals surface area contributed by atoms with Crippen molar-refractivity contribution in [3.63, 3.8) is 0 Å². The average Bonchev–Trinajstić information content (AvgIpc) is 3.16. The fraction of sp³-hybridized carbons (Fsp3) is 0.312. The minimum absolute atomic E-state index is 0.0559. The largest absolute Gasteiger partial charge is 0.456 e. The van der Waals surface area contributed by atoms with E-state index in [1.807, 2.05) is 19.1 Å². The zero-order valence-corrected chi connectivity index (χ0v) is 13.1. The Bertz CT molecular complexity index is 697. The highest BCUT2D eigenvalue weighted by Crippen LogP contribution is 2.27. The van der Waals surface area contributed by atoms with Crippen LogP contribution in [0.25, 0.3) is 0 Å². The van der Waals surface area contributed by atoms with Crippen LogP contribution in [0.4, 0.5) is 5.69 Å². The van der Waals surface area contributed by atoms with Gasteiger partial charge in [0, 0.05) is 19.2 Å². The molecule has 0 bridgehead atoms. The lowest BCUT2D eigenvalue weighted by atomic mass is 10.1. The number of anilines is 1. The Morgan fingerprint density at radius 2 is 2.32 bits per heavy atom. The highest BCUT2D eigenvalue weighted by Gasteiger charge is 2.26. The van der Waals surface area contributed by atoms with Crippen LogP contribution in [0.1, 0.15) is 33.6 Å². The Morgan fingerprint density at radius 3 is 3.00 bits per heavy atom. The standard InChI is InChI=1S/C16H16N2O3S/c1-11-4-5-14(18-6-2-3-15(18)19)13(7-11)16(20)21-9-12-8-17-10-22-12/h4-5,7-8,10H,2-3,6,9H2,1H3. The second kappa shape index (κ2) is 6.27. The number of esters is 1. The molecule has 1 aromatic heterocycles. The molecule has 0 saturated carbocycles. The van der Waals surface area contributed by atoms with Gasteiger partial charge in [-0.1, -0.05) is 11.6 Å². The number of nitrogens with zero attached hydrogens (tertiary/aromatic N) is 2. The van der Waals surface area contributed by atoms with Crippen LogP contribution in [0.15, 0.2) is 29.9 Å². The van der Waals surface area contributed by atoms with Crippen LogP contribution in [-0.2, 0) is 16.1 Å². The molecule has 1 aliphatic heterocycles. The van der Waals surface area contributed by atoms with Gasteiger partial charge in [-0.15, -0.1) is 11.3 Å². The van der Waals surface area contributed by atoms with Crippen LogP contribution < -0.4 is 4.90 Å². The smallest absolute Gasteiger partial charge is 0.340 e. The summed E-state index contributed by atoms with van der Waals surface area (Å²) in [6.45, 7) is 2.76. The third-order valence-corrected chi connectivity index (χ3v) is 4.32. The molecule has 5 nitrogen and oxygen atoms in total. The first-order valence-corrected chi connectivity index (χ1v) is 7.98. The zero-order valence-electron chi connectivity index (χ0n) is 12.2. The van der Waals surface area contributed by atoms with Gasteiger partial charge in [0.05, 0.1) is 21.6 Å². The molecule has 0 radical (unpaired) electrons. The third kappa shape index (κ3) is 3.01. The summed E-state index contributed by atoms with van der Waals surface area (Å²) < 4.78 is 5.36. The summed E-state index contributed by atoms with van der Waals surface area (Å²) in [5, 5.41) is 0. The van der Waals surface area contributed by atoms with E-state index in [0.717, 1.165) is 16.9 Å². The van der Waals surface area contributed by atoms with E-state index in [9.17, 15) is 9.59 Å². The molecular formula is C16H16N2O3S. The van der Waals surface area contributed by atoms with Gasteiger partial charge in [-0.3, -0.25) is 9.78 Å². The maximum atomic E-state index is 12.4. The van der Waals surface area contributed by atoms with Crippen molar-refractivity contribution >= 4 is 28.9 Å². The van der Waals surface area contributed by atoms with Gasteiger partial charge in [-0.2, -0.15) is 0 Å². The second-order valence-corrected chi connectivity index (χ2v) is 6.18. The van der Waals surface area contributed by atoms with Gasteiger partial charge in [0.15, 0.2) is 0 Å². The minimum Gasteiger partial charge on any atom is -0.456 e. The normalized spacial score (nSPS) is 14.4.